The van der Waals surface area contributed by atoms with Crippen molar-refractivity contribution in [2.45, 2.75) is 103 Å². The summed E-state index contributed by atoms with van der Waals surface area (Å²) in [7, 11) is 5.74. The Morgan fingerprint density at radius 2 is 1.09 bits per heavy atom. The summed E-state index contributed by atoms with van der Waals surface area (Å²) < 4.78 is 0. The molecule has 12 N–H and O–H groups in total. The minimum absolute atomic E-state index is 0.00570. The minimum atomic E-state index is -1.22. The second-order valence-electron chi connectivity index (χ2n) is 19.3. The molecule has 6 rings (SSSR count). The molecule has 0 fully saturated rings. The van der Waals surface area contributed by atoms with Crippen LogP contribution in [0.2, 0.25) is 0 Å². The number of anilines is 6. The van der Waals surface area contributed by atoms with E-state index in [9.17, 15) is 39.0 Å². The van der Waals surface area contributed by atoms with Crippen molar-refractivity contribution in [2.75, 3.05) is 73.5 Å². The summed E-state index contributed by atoms with van der Waals surface area (Å²) in [6, 6.07) is 12.2. The summed E-state index contributed by atoms with van der Waals surface area (Å²) in [6.07, 6.45) is 9.40. The van der Waals surface area contributed by atoms with Gasteiger partial charge in [0.15, 0.2) is 39.7 Å². The van der Waals surface area contributed by atoms with Crippen molar-refractivity contribution < 1.29 is 39.0 Å². The lowest BCUT2D eigenvalue weighted by molar-refractivity contribution is -0.142. The molecule has 0 saturated heterocycles. The third-order valence-corrected chi connectivity index (χ3v) is 13.1. The number of nitrogens with two attached hydrogens (primary N) is 4. The molecule has 0 bridgehead atoms. The number of aliphatic carboxylic acids is 2. The zero-order valence-electron chi connectivity index (χ0n) is 44.2. The van der Waals surface area contributed by atoms with Crippen LogP contribution in [0.4, 0.5) is 34.9 Å². The van der Waals surface area contributed by atoms with Gasteiger partial charge in [0.1, 0.15) is 11.8 Å². The lowest BCUT2D eigenvalue weighted by Crippen LogP contribution is -2.41. The first-order chi connectivity index (χ1) is 37.3. The van der Waals surface area contributed by atoms with Gasteiger partial charge in [-0.15, -0.1) is 0 Å². The first-order valence-electron chi connectivity index (χ1n) is 25.8. The molecule has 0 spiro atoms. The maximum Gasteiger partial charge on any atom is 0.326 e. The molecule has 0 unspecified atom stereocenters. The van der Waals surface area contributed by atoms with Gasteiger partial charge in [-0.25, -0.2) is 24.7 Å². The summed E-state index contributed by atoms with van der Waals surface area (Å²) in [4.78, 5) is 115. The number of rotatable bonds is 32. The van der Waals surface area contributed by atoms with Gasteiger partial charge in [-0.2, -0.15) is 19.9 Å². The van der Waals surface area contributed by atoms with E-state index in [2.05, 4.69) is 62.5 Å². The molecular weight excluding hydrogens is 1000 g/mol. The van der Waals surface area contributed by atoms with Crippen LogP contribution in [0.25, 0.3) is 22.3 Å². The van der Waals surface area contributed by atoms with Crippen LogP contribution in [0.3, 0.4) is 0 Å². The predicted octanol–water partition coefficient (Wildman–Crippen LogP) is 4.21. The molecule has 414 valence electrons. The molecule has 4 aromatic heterocycles. The Morgan fingerprint density at radius 1 is 0.577 bits per heavy atom. The predicted molar refractivity (Wildman–Crippen MR) is 295 cm³/mol. The van der Waals surface area contributed by atoms with Crippen LogP contribution in [0.5, 0.6) is 0 Å². The Kier molecular flexibility index (Phi) is 21.3. The second kappa shape index (κ2) is 28.4. The molecule has 2 aromatic carbocycles. The number of unbranched alkanes of at least 4 members (excludes halogenated alkanes) is 5. The molecule has 0 aliphatic heterocycles. The third kappa shape index (κ3) is 17.7. The van der Waals surface area contributed by atoms with E-state index in [4.69, 9.17) is 22.9 Å². The number of hydrogen-bond acceptors (Lipinski definition) is 21. The van der Waals surface area contributed by atoms with E-state index < -0.39 is 29.8 Å². The van der Waals surface area contributed by atoms with Crippen molar-refractivity contribution in [1.29, 1.82) is 0 Å². The van der Waals surface area contributed by atoms with Crippen molar-refractivity contribution in [3.63, 3.8) is 0 Å². The van der Waals surface area contributed by atoms with E-state index in [0.717, 1.165) is 63.0 Å². The third-order valence-electron chi connectivity index (χ3n) is 13.1. The number of fused-ring (bicyclic) bond motifs is 2. The Morgan fingerprint density at radius 3 is 1.62 bits per heavy atom. The molecule has 78 heavy (non-hydrogen) atoms. The fourth-order valence-electron chi connectivity index (χ4n) is 8.61. The average Bonchev–Trinajstić information content (AvgIpc) is 3.41. The molecule has 25 heteroatoms. The number of aromatic nitrogens is 8. The van der Waals surface area contributed by atoms with Gasteiger partial charge < -0.3 is 58.5 Å². The number of hydrogen-bond donors (Lipinski definition) is 8. The lowest BCUT2D eigenvalue weighted by atomic mass is 9.94. The summed E-state index contributed by atoms with van der Waals surface area (Å²) in [5.41, 5.74) is 27.9. The van der Waals surface area contributed by atoms with Gasteiger partial charge in [0.25, 0.3) is 5.91 Å². The molecule has 2 atom stereocenters. The normalized spacial score (nSPS) is 12.1. The molecule has 0 radical (unpaired) electrons. The lowest BCUT2D eigenvalue weighted by Gasteiger charge is -2.19. The highest BCUT2D eigenvalue weighted by molar-refractivity contribution is 5.98. The maximum absolute atomic E-state index is 13.1. The molecule has 25 nitrogen and oxygen atoms in total. The molecular formula is C53H69N17O8. The highest BCUT2D eigenvalue weighted by Gasteiger charge is 2.24. The molecule has 2 amide bonds. The van der Waals surface area contributed by atoms with Crippen LogP contribution in [0.15, 0.2) is 60.9 Å². The molecule has 4 heterocycles. The fraction of sp³-hybridized carbons (Fsp3) is 0.434. The van der Waals surface area contributed by atoms with E-state index in [-0.39, 0.29) is 84.3 Å². The van der Waals surface area contributed by atoms with Crippen molar-refractivity contribution in [3.05, 3.63) is 83.4 Å². The number of amides is 2. The number of carbonyl (C=O) groups is 6. The van der Waals surface area contributed by atoms with Gasteiger partial charge in [-0.3, -0.25) is 24.0 Å². The number of benzene rings is 2. The number of nitrogens with zero attached hydrogens (tertiary/aromatic N) is 11. The Balaban J connectivity index is 0.772. The van der Waals surface area contributed by atoms with Gasteiger partial charge in [-0.1, -0.05) is 19.3 Å². The number of carboxylic acids is 2. The highest BCUT2D eigenvalue weighted by Crippen LogP contribution is 2.23. The number of nitrogens with one attached hydrogen (secondary N) is 2. The van der Waals surface area contributed by atoms with Crippen LogP contribution in [-0.2, 0) is 32.3 Å². The number of ketones is 2. The standard InChI is InChI=1S/C53H69N17O8/c1-68(25-9-5-4-7-11-39(71)21-22-40(51(77)78)63-49(74)33-14-19-38(20-15-33)70(3)31-36-29-60-48-44(62-36)46(55)65-53(57)67-48)26-10-6-8-24-58-42(73)23-16-34(50(75)76)27-41(72)32-12-17-37(18-13-32)69(2)30-35-28-59-47-43(61-35)45(54)64-52(56)66-47/h12-15,17-20,28-29,34,40H,4-11,16,21-27,30-31H2,1-3H3,(H,58,73)(H,63,74)(H,75,76)(H,77,78)(H4,54,56,59,64,66)(H4,55,57,60,65,67)/t34-,40+/m1/s1. The maximum atomic E-state index is 13.1. The number of Topliss-reactive ketones (excluding diaryl/α,β-unsaturated/α-hetero) is 2. The van der Waals surface area contributed by atoms with Crippen molar-refractivity contribution in [1.82, 2.24) is 55.4 Å². The zero-order valence-corrected chi connectivity index (χ0v) is 44.2. The molecule has 0 saturated carbocycles. The van der Waals surface area contributed by atoms with Gasteiger partial charge in [0.05, 0.1) is 42.8 Å². The van der Waals surface area contributed by atoms with Crippen LogP contribution in [-0.4, -0.2) is 137 Å². The monoisotopic (exact) mass is 1070 g/mol. The van der Waals surface area contributed by atoms with Crippen LogP contribution in [0, 0.1) is 5.92 Å². The first kappa shape index (κ1) is 58.5. The average molecular weight is 1070 g/mol. The Hall–Kier alpha value is -8.74. The Bertz CT molecular complexity index is 2850. The fourth-order valence-corrected chi connectivity index (χ4v) is 8.61. The first-order valence-corrected chi connectivity index (χ1v) is 25.8. The van der Waals surface area contributed by atoms with Crippen molar-refractivity contribution >= 4 is 92.6 Å². The summed E-state index contributed by atoms with van der Waals surface area (Å²) >= 11 is 0. The summed E-state index contributed by atoms with van der Waals surface area (Å²) in [5, 5.41) is 25.1. The zero-order chi connectivity index (χ0) is 56.3. The van der Waals surface area contributed by atoms with E-state index in [1.165, 1.54) is 0 Å². The molecule has 6 aromatic rings. The van der Waals surface area contributed by atoms with Gasteiger partial charge in [0.2, 0.25) is 17.8 Å². The smallest absolute Gasteiger partial charge is 0.326 e. The molecule has 0 aliphatic carbocycles. The summed E-state index contributed by atoms with van der Waals surface area (Å²) in [5.74, 6) is -4.27. The van der Waals surface area contributed by atoms with Gasteiger partial charge in [-0.05, 0) is 107 Å². The van der Waals surface area contributed by atoms with Crippen LogP contribution < -0.4 is 43.4 Å². The van der Waals surface area contributed by atoms with E-state index in [0.29, 0.717) is 66.1 Å². The van der Waals surface area contributed by atoms with E-state index >= 15 is 0 Å². The quantitative estimate of drug-likeness (QED) is 0.0217. The Labute approximate surface area is 451 Å². The largest absolute Gasteiger partial charge is 0.481 e. The van der Waals surface area contributed by atoms with Crippen molar-refractivity contribution in [2.24, 2.45) is 5.92 Å². The minimum Gasteiger partial charge on any atom is -0.481 e. The van der Waals surface area contributed by atoms with Gasteiger partial charge >= 0.3 is 11.9 Å². The highest BCUT2D eigenvalue weighted by atomic mass is 16.4. The van der Waals surface area contributed by atoms with E-state index in [1.54, 1.807) is 60.9 Å². The number of carboxylic acid groups (broad SMARTS) is 2. The second-order valence-corrected chi connectivity index (χ2v) is 19.3. The van der Waals surface area contributed by atoms with E-state index in [1.807, 2.05) is 23.9 Å². The number of carbonyl (C=O) groups excluding carboxylic acids is 4. The molecule has 0 aliphatic rings. The van der Waals surface area contributed by atoms with Crippen molar-refractivity contribution in [3.8, 4) is 0 Å². The SMILES string of the molecule is CN(CCCCCCC(=O)CC[C@H](NC(=O)c1ccc(N(C)Cc2cnc3nc(N)nc(N)c3n2)cc1)C(=O)O)CCCCCNC(=O)CC[C@H](CC(=O)c1ccc(N(C)Cc2cnc3nc(N)nc(N)c3n2)cc1)C(=O)O. The van der Waals surface area contributed by atoms with Gasteiger partial charge in [0, 0.05) is 68.8 Å². The van der Waals surface area contributed by atoms with Crippen LogP contribution in [0.1, 0.15) is 116 Å². The summed E-state index contributed by atoms with van der Waals surface area (Å²) in [6.45, 7) is 2.99. The number of nitrogen functional groups attached to an aromatic ring is 4. The van der Waals surface area contributed by atoms with Crippen LogP contribution >= 0.6 is 0 Å². The topological polar surface area (TPSA) is 384 Å².